The SMILES string of the molecule is CCc1cc(N(C)CCC(N)=S)ncn1. The summed E-state index contributed by atoms with van der Waals surface area (Å²) < 4.78 is 0. The Kier molecular flexibility index (Phi) is 4.42. The van der Waals surface area contributed by atoms with Crippen molar-refractivity contribution >= 4 is 23.0 Å². The third-order valence-corrected chi connectivity index (χ3v) is 2.36. The normalized spacial score (nSPS) is 10.0. The van der Waals surface area contributed by atoms with E-state index < -0.39 is 0 Å². The van der Waals surface area contributed by atoms with E-state index in [-0.39, 0.29) is 0 Å². The molecule has 0 aliphatic heterocycles. The van der Waals surface area contributed by atoms with E-state index in [1.807, 2.05) is 18.0 Å². The molecule has 0 radical (unpaired) electrons. The minimum Gasteiger partial charge on any atom is -0.393 e. The topological polar surface area (TPSA) is 55.0 Å². The second-order valence-electron chi connectivity index (χ2n) is 3.36. The summed E-state index contributed by atoms with van der Waals surface area (Å²) >= 11 is 4.83. The first-order valence-electron chi connectivity index (χ1n) is 4.94. The first kappa shape index (κ1) is 11.8. The van der Waals surface area contributed by atoms with E-state index in [4.69, 9.17) is 18.0 Å². The first-order valence-corrected chi connectivity index (χ1v) is 5.34. The lowest BCUT2D eigenvalue weighted by atomic mass is 10.3. The molecule has 82 valence electrons. The second kappa shape index (κ2) is 5.60. The van der Waals surface area contributed by atoms with Gasteiger partial charge in [0.25, 0.3) is 0 Å². The Hall–Kier alpha value is -1.23. The molecule has 1 heterocycles. The molecule has 0 saturated carbocycles. The largest absolute Gasteiger partial charge is 0.393 e. The van der Waals surface area contributed by atoms with Gasteiger partial charge in [-0.2, -0.15) is 0 Å². The van der Waals surface area contributed by atoms with Crippen molar-refractivity contribution in [3.63, 3.8) is 0 Å². The Morgan fingerprint density at radius 1 is 1.53 bits per heavy atom. The number of aryl methyl sites for hydroxylation is 1. The van der Waals surface area contributed by atoms with Crippen LogP contribution in [0.4, 0.5) is 5.82 Å². The number of anilines is 1. The highest BCUT2D eigenvalue weighted by Gasteiger charge is 2.03. The summed E-state index contributed by atoms with van der Waals surface area (Å²) in [7, 11) is 1.97. The summed E-state index contributed by atoms with van der Waals surface area (Å²) in [6, 6.07) is 1.99. The molecule has 0 aliphatic carbocycles. The number of rotatable bonds is 5. The van der Waals surface area contributed by atoms with Crippen molar-refractivity contribution in [3.8, 4) is 0 Å². The molecular weight excluding hydrogens is 208 g/mol. The lowest BCUT2D eigenvalue weighted by Gasteiger charge is -2.17. The Morgan fingerprint density at radius 3 is 2.87 bits per heavy atom. The van der Waals surface area contributed by atoms with E-state index in [2.05, 4.69) is 16.9 Å². The average Bonchev–Trinajstić information content (AvgIpc) is 2.26. The molecule has 0 fully saturated rings. The highest BCUT2D eigenvalue weighted by atomic mass is 32.1. The van der Waals surface area contributed by atoms with Gasteiger partial charge in [-0.1, -0.05) is 19.1 Å². The average molecular weight is 224 g/mol. The van der Waals surface area contributed by atoms with Gasteiger partial charge in [-0.3, -0.25) is 0 Å². The summed E-state index contributed by atoms with van der Waals surface area (Å²) in [5.74, 6) is 0.915. The van der Waals surface area contributed by atoms with Gasteiger partial charge in [0.05, 0.1) is 4.99 Å². The van der Waals surface area contributed by atoms with Crippen molar-refractivity contribution in [1.29, 1.82) is 0 Å². The smallest absolute Gasteiger partial charge is 0.131 e. The molecule has 0 bridgehead atoms. The van der Waals surface area contributed by atoms with Crippen molar-refractivity contribution in [2.45, 2.75) is 19.8 Å². The van der Waals surface area contributed by atoms with E-state index in [9.17, 15) is 0 Å². The van der Waals surface area contributed by atoms with Gasteiger partial charge in [-0.15, -0.1) is 0 Å². The summed E-state index contributed by atoms with van der Waals surface area (Å²) in [5.41, 5.74) is 6.49. The zero-order valence-electron chi connectivity index (χ0n) is 9.10. The van der Waals surface area contributed by atoms with Crippen molar-refractivity contribution < 1.29 is 0 Å². The van der Waals surface area contributed by atoms with Crippen LogP contribution in [0.1, 0.15) is 19.0 Å². The number of hydrogen-bond acceptors (Lipinski definition) is 4. The molecule has 0 atom stereocenters. The first-order chi connectivity index (χ1) is 7.13. The molecule has 15 heavy (non-hydrogen) atoms. The zero-order valence-corrected chi connectivity index (χ0v) is 9.92. The summed E-state index contributed by atoms with van der Waals surface area (Å²) in [4.78, 5) is 10.9. The standard InChI is InChI=1S/C10H16N4S/c1-3-8-6-10(13-7-12-8)14(2)5-4-9(11)15/h6-7H,3-5H2,1-2H3,(H2,11,15). The number of nitrogens with two attached hydrogens (primary N) is 1. The number of thiocarbonyl (C=S) groups is 1. The quantitative estimate of drug-likeness (QED) is 0.760. The van der Waals surface area contributed by atoms with Gasteiger partial charge in [-0.25, -0.2) is 9.97 Å². The Morgan fingerprint density at radius 2 is 2.27 bits per heavy atom. The van der Waals surface area contributed by atoms with Crippen LogP contribution >= 0.6 is 12.2 Å². The van der Waals surface area contributed by atoms with Gasteiger partial charge < -0.3 is 10.6 Å². The minimum absolute atomic E-state index is 0.534. The molecule has 0 spiro atoms. The van der Waals surface area contributed by atoms with Gasteiger partial charge in [-0.05, 0) is 6.42 Å². The van der Waals surface area contributed by atoms with Gasteiger partial charge in [0, 0.05) is 31.8 Å². The fraction of sp³-hybridized carbons (Fsp3) is 0.500. The monoisotopic (exact) mass is 224 g/mol. The Balaban J connectivity index is 2.64. The highest BCUT2D eigenvalue weighted by Crippen LogP contribution is 2.09. The molecule has 1 aromatic heterocycles. The van der Waals surface area contributed by atoms with Crippen LogP contribution < -0.4 is 10.6 Å². The van der Waals surface area contributed by atoms with Gasteiger partial charge in [0.2, 0.25) is 0 Å². The minimum atomic E-state index is 0.534. The molecule has 0 aromatic carbocycles. The van der Waals surface area contributed by atoms with Crippen molar-refractivity contribution in [2.75, 3.05) is 18.5 Å². The lowest BCUT2D eigenvalue weighted by molar-refractivity contribution is 0.880. The van der Waals surface area contributed by atoms with Crippen LogP contribution in [0.15, 0.2) is 12.4 Å². The maximum absolute atomic E-state index is 5.45. The zero-order chi connectivity index (χ0) is 11.3. The van der Waals surface area contributed by atoms with Crippen molar-refractivity contribution in [1.82, 2.24) is 9.97 Å². The number of hydrogen-bond donors (Lipinski definition) is 1. The third-order valence-electron chi connectivity index (χ3n) is 2.16. The van der Waals surface area contributed by atoms with Crippen LogP contribution in [0.25, 0.3) is 0 Å². The van der Waals surface area contributed by atoms with Gasteiger partial charge >= 0.3 is 0 Å². The fourth-order valence-electron chi connectivity index (χ4n) is 1.18. The molecule has 1 rings (SSSR count). The lowest BCUT2D eigenvalue weighted by Crippen LogP contribution is -2.24. The Labute approximate surface area is 95.5 Å². The summed E-state index contributed by atoms with van der Waals surface area (Å²) in [5, 5.41) is 0. The van der Waals surface area contributed by atoms with E-state index in [1.165, 1.54) is 0 Å². The predicted molar refractivity (Wildman–Crippen MR) is 66.1 cm³/mol. The molecule has 1 aromatic rings. The van der Waals surface area contributed by atoms with Gasteiger partial charge in [0.1, 0.15) is 12.1 Å². The molecule has 0 amide bonds. The molecule has 0 aliphatic rings. The van der Waals surface area contributed by atoms with Crippen LogP contribution in [0.3, 0.4) is 0 Å². The summed E-state index contributed by atoms with van der Waals surface area (Å²) in [6.45, 7) is 2.86. The summed E-state index contributed by atoms with van der Waals surface area (Å²) in [6.07, 6.45) is 3.21. The van der Waals surface area contributed by atoms with E-state index in [0.29, 0.717) is 11.4 Å². The Bertz CT molecular complexity index is 340. The molecular formula is C10H16N4S. The van der Waals surface area contributed by atoms with Crippen LogP contribution in [-0.2, 0) is 6.42 Å². The number of aromatic nitrogens is 2. The fourth-order valence-corrected chi connectivity index (χ4v) is 1.27. The van der Waals surface area contributed by atoms with E-state index in [0.717, 1.165) is 24.5 Å². The van der Waals surface area contributed by atoms with Crippen molar-refractivity contribution in [3.05, 3.63) is 18.1 Å². The highest BCUT2D eigenvalue weighted by molar-refractivity contribution is 7.80. The molecule has 4 nitrogen and oxygen atoms in total. The van der Waals surface area contributed by atoms with Crippen LogP contribution in [-0.4, -0.2) is 28.5 Å². The maximum atomic E-state index is 5.45. The molecule has 0 saturated heterocycles. The van der Waals surface area contributed by atoms with E-state index >= 15 is 0 Å². The van der Waals surface area contributed by atoms with Crippen LogP contribution in [0, 0.1) is 0 Å². The van der Waals surface area contributed by atoms with Gasteiger partial charge in [0.15, 0.2) is 0 Å². The maximum Gasteiger partial charge on any atom is 0.131 e. The second-order valence-corrected chi connectivity index (χ2v) is 3.88. The van der Waals surface area contributed by atoms with Crippen molar-refractivity contribution in [2.24, 2.45) is 5.73 Å². The molecule has 5 heteroatoms. The predicted octanol–water partition coefficient (Wildman–Crippen LogP) is 1.15. The van der Waals surface area contributed by atoms with Crippen LogP contribution in [0.2, 0.25) is 0 Å². The number of nitrogens with zero attached hydrogens (tertiary/aromatic N) is 3. The van der Waals surface area contributed by atoms with Crippen LogP contribution in [0.5, 0.6) is 0 Å². The third kappa shape index (κ3) is 3.79. The molecule has 0 unspecified atom stereocenters. The van der Waals surface area contributed by atoms with E-state index in [1.54, 1.807) is 6.33 Å². The molecule has 2 N–H and O–H groups in total.